The molecule has 0 saturated heterocycles. The number of nitrogens with zero attached hydrogens (tertiary/aromatic N) is 2. The van der Waals surface area contributed by atoms with Gasteiger partial charge in [0.25, 0.3) is 0 Å². The van der Waals surface area contributed by atoms with Crippen LogP contribution in [0.5, 0.6) is 0 Å². The molecule has 13 heavy (non-hydrogen) atoms. The molecular formula is C8H12F2N2O. The third kappa shape index (κ3) is 1.85. The molecule has 0 aromatic carbocycles. The first kappa shape index (κ1) is 10.1. The van der Waals surface area contributed by atoms with Gasteiger partial charge in [-0.05, 0) is 19.9 Å². The van der Waals surface area contributed by atoms with E-state index in [1.54, 1.807) is 13.8 Å². The summed E-state index contributed by atoms with van der Waals surface area (Å²) < 4.78 is 27.3. The largest absolute Gasteiger partial charge is 0.390 e. The van der Waals surface area contributed by atoms with Crippen molar-refractivity contribution in [1.82, 2.24) is 9.78 Å². The van der Waals surface area contributed by atoms with Crippen LogP contribution >= 0.6 is 0 Å². The molecule has 1 aromatic rings. The number of rotatable bonds is 3. The minimum atomic E-state index is -3.21. The van der Waals surface area contributed by atoms with Crippen molar-refractivity contribution in [2.24, 2.45) is 0 Å². The second-order valence-electron chi connectivity index (χ2n) is 3.12. The van der Waals surface area contributed by atoms with Gasteiger partial charge in [-0.1, -0.05) is 0 Å². The van der Waals surface area contributed by atoms with Gasteiger partial charge in [-0.25, -0.2) is 0 Å². The third-order valence-electron chi connectivity index (χ3n) is 1.73. The summed E-state index contributed by atoms with van der Waals surface area (Å²) in [5.74, 6) is -3.21. The van der Waals surface area contributed by atoms with E-state index in [1.165, 1.54) is 16.9 Å². The molecule has 1 aromatic heterocycles. The maximum Gasteiger partial charge on any atom is 0.311 e. The summed E-state index contributed by atoms with van der Waals surface area (Å²) in [6, 6.07) is 1.08. The smallest absolute Gasteiger partial charge is 0.311 e. The lowest BCUT2D eigenvalue weighted by molar-refractivity contribution is -0.0633. The van der Waals surface area contributed by atoms with E-state index in [0.29, 0.717) is 0 Å². The van der Waals surface area contributed by atoms with Crippen LogP contribution in [0.3, 0.4) is 0 Å². The van der Waals surface area contributed by atoms with Crippen molar-refractivity contribution < 1.29 is 13.9 Å². The van der Waals surface area contributed by atoms with Crippen molar-refractivity contribution in [1.29, 1.82) is 0 Å². The van der Waals surface area contributed by atoms with E-state index >= 15 is 0 Å². The summed E-state index contributed by atoms with van der Waals surface area (Å²) in [4.78, 5) is 0. The molecule has 0 atom stereocenters. The Balaban J connectivity index is 3.07. The monoisotopic (exact) mass is 190 g/mol. The van der Waals surface area contributed by atoms with Crippen molar-refractivity contribution >= 4 is 0 Å². The predicted octanol–water partition coefficient (Wildman–Crippen LogP) is 1.55. The molecule has 0 aliphatic rings. The van der Waals surface area contributed by atoms with Crippen LogP contribution in [0.1, 0.15) is 25.6 Å². The van der Waals surface area contributed by atoms with Crippen molar-refractivity contribution in [3.8, 4) is 0 Å². The Kier molecular flexibility index (Phi) is 2.66. The minimum absolute atomic E-state index is 0.137. The number of hydrogen-bond acceptors (Lipinski definition) is 2. The molecule has 5 heteroatoms. The summed E-state index contributed by atoms with van der Waals surface area (Å²) in [6.07, 6.45) is 1.30. The summed E-state index contributed by atoms with van der Waals surface area (Å²) in [5, 5.41) is 12.2. The van der Waals surface area contributed by atoms with E-state index in [4.69, 9.17) is 5.11 Å². The molecule has 1 heterocycles. The maximum atomic E-state index is 13.0. The first-order valence-corrected chi connectivity index (χ1v) is 4.01. The Hall–Kier alpha value is -0.970. The molecule has 0 fully saturated rings. The summed E-state index contributed by atoms with van der Waals surface area (Å²) >= 11 is 0. The number of halogens is 2. The van der Waals surface area contributed by atoms with Gasteiger partial charge in [-0.2, -0.15) is 13.9 Å². The van der Waals surface area contributed by atoms with E-state index < -0.39 is 12.5 Å². The zero-order valence-corrected chi connectivity index (χ0v) is 7.54. The van der Waals surface area contributed by atoms with Crippen molar-refractivity contribution in [3.05, 3.63) is 18.0 Å². The lowest BCUT2D eigenvalue weighted by Crippen LogP contribution is -2.24. The second-order valence-corrected chi connectivity index (χ2v) is 3.12. The number of alkyl halides is 2. The average Bonchev–Trinajstić information content (AvgIpc) is 2.52. The van der Waals surface area contributed by atoms with Crippen molar-refractivity contribution in [2.45, 2.75) is 25.8 Å². The van der Waals surface area contributed by atoms with E-state index in [-0.39, 0.29) is 11.7 Å². The van der Waals surface area contributed by atoms with Crippen LogP contribution in [0, 0.1) is 0 Å². The van der Waals surface area contributed by atoms with Crippen LogP contribution < -0.4 is 0 Å². The summed E-state index contributed by atoms with van der Waals surface area (Å²) in [7, 11) is 0. The molecule has 0 saturated carbocycles. The number of aliphatic hydroxyl groups is 1. The fourth-order valence-corrected chi connectivity index (χ4v) is 1.10. The summed E-state index contributed by atoms with van der Waals surface area (Å²) in [6.45, 7) is 2.32. The molecule has 74 valence electrons. The second kappa shape index (κ2) is 3.41. The number of hydrogen-bond donors (Lipinski definition) is 1. The molecule has 3 nitrogen and oxygen atoms in total. The zero-order chi connectivity index (χ0) is 10.1. The van der Waals surface area contributed by atoms with Crippen LogP contribution in [-0.4, -0.2) is 21.5 Å². The highest BCUT2D eigenvalue weighted by Crippen LogP contribution is 2.28. The van der Waals surface area contributed by atoms with Gasteiger partial charge in [0.15, 0.2) is 0 Å². The molecule has 0 aliphatic carbocycles. The van der Waals surface area contributed by atoms with Crippen LogP contribution in [0.2, 0.25) is 0 Å². The molecule has 0 aliphatic heterocycles. The van der Waals surface area contributed by atoms with E-state index in [9.17, 15) is 8.78 Å². The summed E-state index contributed by atoms with van der Waals surface area (Å²) in [5.41, 5.74) is -0.245. The molecule has 0 unspecified atom stereocenters. The van der Waals surface area contributed by atoms with E-state index in [2.05, 4.69) is 5.10 Å². The Morgan fingerprint density at radius 2 is 2.23 bits per heavy atom. The Morgan fingerprint density at radius 1 is 1.62 bits per heavy atom. The Bertz CT molecular complexity index is 283. The van der Waals surface area contributed by atoms with Crippen LogP contribution in [-0.2, 0) is 5.92 Å². The van der Waals surface area contributed by atoms with Gasteiger partial charge in [0.2, 0.25) is 0 Å². The fraction of sp³-hybridized carbons (Fsp3) is 0.625. The first-order valence-electron chi connectivity index (χ1n) is 4.01. The maximum absolute atomic E-state index is 13.0. The van der Waals surface area contributed by atoms with Gasteiger partial charge in [0.05, 0.1) is 0 Å². The number of aliphatic hydroxyl groups excluding tert-OH is 1. The highest BCUT2D eigenvalue weighted by Gasteiger charge is 2.34. The Labute approximate surface area is 75.0 Å². The quantitative estimate of drug-likeness (QED) is 0.785. The fourth-order valence-electron chi connectivity index (χ4n) is 1.10. The van der Waals surface area contributed by atoms with Crippen LogP contribution in [0.15, 0.2) is 12.3 Å². The molecule has 1 N–H and O–H groups in total. The SMILES string of the molecule is CC(C)n1nccc1C(F)(F)CO. The third-order valence-corrected chi connectivity index (χ3v) is 1.73. The van der Waals surface area contributed by atoms with E-state index in [1.807, 2.05) is 0 Å². The highest BCUT2D eigenvalue weighted by molar-refractivity contribution is 5.09. The lowest BCUT2D eigenvalue weighted by Gasteiger charge is -2.17. The molecule has 0 radical (unpaired) electrons. The van der Waals surface area contributed by atoms with E-state index in [0.717, 1.165) is 0 Å². The van der Waals surface area contributed by atoms with Gasteiger partial charge >= 0.3 is 5.92 Å². The van der Waals surface area contributed by atoms with Crippen molar-refractivity contribution in [2.75, 3.05) is 6.61 Å². The normalized spacial score (nSPS) is 12.5. The Morgan fingerprint density at radius 3 is 2.69 bits per heavy atom. The predicted molar refractivity (Wildman–Crippen MR) is 43.6 cm³/mol. The zero-order valence-electron chi connectivity index (χ0n) is 7.54. The van der Waals surface area contributed by atoms with Gasteiger partial charge in [-0.3, -0.25) is 4.68 Å². The highest BCUT2D eigenvalue weighted by atomic mass is 19.3. The van der Waals surface area contributed by atoms with Gasteiger partial charge in [0.1, 0.15) is 12.3 Å². The van der Waals surface area contributed by atoms with Crippen molar-refractivity contribution in [3.63, 3.8) is 0 Å². The lowest BCUT2D eigenvalue weighted by atomic mass is 10.2. The first-order chi connectivity index (χ1) is 5.99. The van der Waals surface area contributed by atoms with Gasteiger partial charge < -0.3 is 5.11 Å². The molecule has 0 spiro atoms. The van der Waals surface area contributed by atoms with Crippen LogP contribution in [0.4, 0.5) is 8.78 Å². The topological polar surface area (TPSA) is 38.0 Å². The number of aromatic nitrogens is 2. The van der Waals surface area contributed by atoms with Gasteiger partial charge in [0, 0.05) is 12.2 Å². The van der Waals surface area contributed by atoms with Gasteiger partial charge in [-0.15, -0.1) is 0 Å². The molecule has 1 rings (SSSR count). The molecule has 0 bridgehead atoms. The minimum Gasteiger partial charge on any atom is -0.390 e. The standard InChI is InChI=1S/C8H12F2N2O/c1-6(2)12-7(3-4-11-12)8(9,10)5-13/h3-4,6,13H,5H2,1-2H3. The van der Waals surface area contributed by atoms with Crippen LogP contribution in [0.25, 0.3) is 0 Å². The molecule has 0 amide bonds. The average molecular weight is 190 g/mol. The molecular weight excluding hydrogens is 178 g/mol.